The first-order valence-corrected chi connectivity index (χ1v) is 4.24. The van der Waals surface area contributed by atoms with Gasteiger partial charge in [-0.1, -0.05) is 0 Å². The Kier molecular flexibility index (Phi) is 3.35. The van der Waals surface area contributed by atoms with E-state index in [9.17, 15) is 9.59 Å². The second kappa shape index (κ2) is 4.52. The van der Waals surface area contributed by atoms with Crippen molar-refractivity contribution < 1.29 is 19.4 Å². The molecule has 82 valence electrons. The van der Waals surface area contributed by atoms with Crippen molar-refractivity contribution in [2.45, 2.75) is 18.5 Å². The fourth-order valence-electron chi connectivity index (χ4n) is 1.55. The van der Waals surface area contributed by atoms with Gasteiger partial charge in [-0.2, -0.15) is 0 Å². The van der Waals surface area contributed by atoms with E-state index in [1.165, 1.54) is 7.11 Å². The molecule has 0 saturated carbocycles. The van der Waals surface area contributed by atoms with Gasteiger partial charge in [0.05, 0.1) is 13.7 Å². The SMILES string of the molecule is COC(=O)C1CC(N=[N+]=N)CN1C(=O)O. The van der Waals surface area contributed by atoms with Gasteiger partial charge in [-0.3, -0.25) is 4.90 Å². The van der Waals surface area contributed by atoms with E-state index in [1.807, 2.05) is 0 Å². The second-order valence-electron chi connectivity index (χ2n) is 3.08. The van der Waals surface area contributed by atoms with Gasteiger partial charge in [0.2, 0.25) is 4.91 Å². The first kappa shape index (κ1) is 11.1. The normalized spacial score (nSPS) is 24.5. The summed E-state index contributed by atoms with van der Waals surface area (Å²) in [6, 6.07) is -1.29. The van der Waals surface area contributed by atoms with Gasteiger partial charge >= 0.3 is 12.1 Å². The molecular weight excluding hydrogens is 204 g/mol. The molecule has 0 radical (unpaired) electrons. The molecular formula is C7H11N4O4+. The Hall–Kier alpha value is -1.95. The lowest BCUT2D eigenvalue weighted by molar-refractivity contribution is -0.145. The van der Waals surface area contributed by atoms with Crippen molar-refractivity contribution in [3.63, 3.8) is 0 Å². The first-order chi connectivity index (χ1) is 7.10. The van der Waals surface area contributed by atoms with Crippen LogP contribution >= 0.6 is 0 Å². The Bertz CT molecular complexity index is 325. The maximum atomic E-state index is 11.2. The minimum Gasteiger partial charge on any atom is -0.467 e. The maximum absolute atomic E-state index is 11.2. The summed E-state index contributed by atoms with van der Waals surface area (Å²) in [5.74, 6) is -0.611. The number of carbonyl (C=O) groups is 2. The van der Waals surface area contributed by atoms with Gasteiger partial charge in [0.15, 0.2) is 6.04 Å². The topological polar surface area (TPSA) is 117 Å². The van der Waals surface area contributed by atoms with Crippen LogP contribution in [0.3, 0.4) is 0 Å². The molecule has 2 unspecified atom stereocenters. The number of ether oxygens (including phenoxy) is 1. The maximum Gasteiger partial charge on any atom is 0.408 e. The second-order valence-corrected chi connectivity index (χ2v) is 3.08. The number of esters is 1. The molecule has 0 aromatic rings. The zero-order valence-corrected chi connectivity index (χ0v) is 8.08. The van der Waals surface area contributed by atoms with Crippen LogP contribution in [0, 0.1) is 5.53 Å². The van der Waals surface area contributed by atoms with E-state index < -0.39 is 24.1 Å². The van der Waals surface area contributed by atoms with E-state index in [4.69, 9.17) is 10.6 Å². The van der Waals surface area contributed by atoms with Crippen LogP contribution in [0.4, 0.5) is 4.79 Å². The van der Waals surface area contributed by atoms with Crippen molar-refractivity contribution >= 4 is 12.1 Å². The molecule has 1 heterocycles. The van der Waals surface area contributed by atoms with Gasteiger partial charge in [0, 0.05) is 6.42 Å². The highest BCUT2D eigenvalue weighted by Crippen LogP contribution is 2.21. The fraction of sp³-hybridized carbons (Fsp3) is 0.714. The third kappa shape index (κ3) is 2.29. The van der Waals surface area contributed by atoms with Gasteiger partial charge in [-0.05, 0) is 0 Å². The lowest BCUT2D eigenvalue weighted by Crippen LogP contribution is -2.40. The molecule has 8 nitrogen and oxygen atoms in total. The van der Waals surface area contributed by atoms with Crippen molar-refractivity contribution in [2.24, 2.45) is 5.11 Å². The Balaban J connectivity index is 2.80. The monoisotopic (exact) mass is 215 g/mol. The highest BCUT2D eigenvalue weighted by atomic mass is 16.5. The average molecular weight is 215 g/mol. The van der Waals surface area contributed by atoms with Crippen LogP contribution in [-0.2, 0) is 9.53 Å². The molecule has 0 aromatic carbocycles. The molecule has 8 heteroatoms. The Morgan fingerprint density at radius 3 is 2.80 bits per heavy atom. The van der Waals surface area contributed by atoms with Crippen molar-refractivity contribution in [3.05, 3.63) is 0 Å². The number of nitrogens with one attached hydrogen (secondary N) is 1. The largest absolute Gasteiger partial charge is 0.467 e. The first-order valence-electron chi connectivity index (χ1n) is 4.24. The predicted octanol–water partition coefficient (Wildman–Crippen LogP) is -0.169. The zero-order chi connectivity index (χ0) is 11.4. The van der Waals surface area contributed by atoms with Crippen LogP contribution in [0.2, 0.25) is 0 Å². The lowest BCUT2D eigenvalue weighted by Gasteiger charge is -2.17. The summed E-state index contributed by atoms with van der Waals surface area (Å²) in [4.78, 5) is 25.8. The van der Waals surface area contributed by atoms with Crippen molar-refractivity contribution in [1.82, 2.24) is 9.81 Å². The number of methoxy groups -OCH3 is 1. The molecule has 1 aliphatic heterocycles. The zero-order valence-electron chi connectivity index (χ0n) is 8.08. The van der Waals surface area contributed by atoms with Gasteiger partial charge in [0.1, 0.15) is 16.7 Å². The van der Waals surface area contributed by atoms with E-state index in [1.54, 1.807) is 0 Å². The van der Waals surface area contributed by atoms with Crippen molar-refractivity contribution in [1.29, 1.82) is 5.53 Å². The third-order valence-corrected chi connectivity index (χ3v) is 2.22. The molecule has 1 fully saturated rings. The van der Waals surface area contributed by atoms with Crippen molar-refractivity contribution in [3.8, 4) is 0 Å². The van der Waals surface area contributed by atoms with Crippen LogP contribution in [0.15, 0.2) is 5.11 Å². The average Bonchev–Trinajstić information content (AvgIpc) is 2.61. The molecule has 1 aliphatic rings. The summed E-state index contributed by atoms with van der Waals surface area (Å²) in [5, 5.41) is 12.3. The fourth-order valence-corrected chi connectivity index (χ4v) is 1.55. The highest BCUT2D eigenvalue weighted by Gasteiger charge is 2.42. The molecule has 2 atom stereocenters. The number of hydrogen-bond acceptors (Lipinski definition) is 5. The van der Waals surface area contributed by atoms with Crippen molar-refractivity contribution in [2.75, 3.05) is 13.7 Å². The Labute approximate surface area is 85.0 Å². The van der Waals surface area contributed by atoms with E-state index in [0.717, 1.165) is 4.90 Å². The van der Waals surface area contributed by atoms with E-state index in [-0.39, 0.29) is 13.0 Å². The summed E-state index contributed by atoms with van der Waals surface area (Å²) in [7, 11) is 1.20. The van der Waals surface area contributed by atoms with E-state index >= 15 is 0 Å². The molecule has 0 bridgehead atoms. The number of amides is 1. The number of rotatable bonds is 2. The summed E-state index contributed by atoms with van der Waals surface area (Å²) in [6.45, 7) is 0.0669. The summed E-state index contributed by atoms with van der Waals surface area (Å²) in [6.07, 6.45) is -0.991. The van der Waals surface area contributed by atoms with Gasteiger partial charge in [-0.15, -0.1) is 0 Å². The lowest BCUT2D eigenvalue weighted by atomic mass is 10.2. The number of nitrogens with zero attached hydrogens (tertiary/aromatic N) is 3. The molecule has 1 rings (SSSR count). The molecule has 1 saturated heterocycles. The minimum absolute atomic E-state index is 0.0669. The standard InChI is InChI=1S/C7H10N4O4/c1-15-6(12)5-2-4(9-10-8)3-11(5)7(13)14/h4-5,8H,2-3H2,1H3/p+1. The van der Waals surface area contributed by atoms with E-state index in [2.05, 4.69) is 14.8 Å². The summed E-state index contributed by atoms with van der Waals surface area (Å²) < 4.78 is 4.48. The molecule has 0 aromatic heterocycles. The van der Waals surface area contributed by atoms with Gasteiger partial charge in [0.25, 0.3) is 0 Å². The summed E-state index contributed by atoms with van der Waals surface area (Å²) in [5.41, 5.74) is 6.53. The van der Waals surface area contributed by atoms with Crippen LogP contribution < -0.4 is 4.91 Å². The Morgan fingerprint density at radius 2 is 2.33 bits per heavy atom. The van der Waals surface area contributed by atoms with E-state index in [0.29, 0.717) is 0 Å². The quantitative estimate of drug-likeness (QED) is 0.377. The van der Waals surface area contributed by atoms with Gasteiger partial charge in [-0.25, -0.2) is 9.59 Å². The van der Waals surface area contributed by atoms with Crippen LogP contribution in [0.1, 0.15) is 6.42 Å². The minimum atomic E-state index is -1.20. The molecule has 2 N–H and O–H groups in total. The molecule has 1 amide bonds. The molecule has 0 spiro atoms. The van der Waals surface area contributed by atoms with Crippen LogP contribution in [0.5, 0.6) is 0 Å². The number of carboxylic acid groups (broad SMARTS) is 1. The number of carbonyl (C=O) groups excluding carboxylic acids is 1. The molecule has 15 heavy (non-hydrogen) atoms. The number of hydrogen-bond donors (Lipinski definition) is 2. The molecule has 0 aliphatic carbocycles. The number of likely N-dealkylation sites (tertiary alicyclic amines) is 1. The predicted molar refractivity (Wildman–Crippen MR) is 46.2 cm³/mol. The highest BCUT2D eigenvalue weighted by molar-refractivity contribution is 5.81. The smallest absolute Gasteiger partial charge is 0.408 e. The summed E-state index contributed by atoms with van der Waals surface area (Å²) >= 11 is 0. The Morgan fingerprint density at radius 1 is 1.67 bits per heavy atom. The van der Waals surface area contributed by atoms with Crippen LogP contribution in [0.25, 0.3) is 0 Å². The van der Waals surface area contributed by atoms with Gasteiger partial charge < -0.3 is 9.84 Å². The van der Waals surface area contributed by atoms with Crippen LogP contribution in [-0.4, -0.2) is 47.8 Å². The third-order valence-electron chi connectivity index (χ3n) is 2.22.